The highest BCUT2D eigenvalue weighted by molar-refractivity contribution is 5.79. The lowest BCUT2D eigenvalue weighted by atomic mass is 9.95. The van der Waals surface area contributed by atoms with Crippen LogP contribution in [0.1, 0.15) is 24.0 Å². The summed E-state index contributed by atoms with van der Waals surface area (Å²) in [5.74, 6) is 0.641. The number of halogens is 1. The number of aryl methyl sites for hydroxylation is 1. The molecule has 2 aromatic carbocycles. The van der Waals surface area contributed by atoms with E-state index >= 15 is 0 Å². The van der Waals surface area contributed by atoms with Crippen molar-refractivity contribution < 1.29 is 9.18 Å². The van der Waals surface area contributed by atoms with E-state index in [0.29, 0.717) is 12.2 Å². The summed E-state index contributed by atoms with van der Waals surface area (Å²) in [4.78, 5) is 23.4. The Hall–Kier alpha value is -3.28. The van der Waals surface area contributed by atoms with Gasteiger partial charge in [0.2, 0.25) is 5.91 Å². The predicted octanol–water partition coefficient (Wildman–Crippen LogP) is 4.12. The monoisotopic (exact) mass is 404 g/mol. The minimum atomic E-state index is -0.287. The zero-order valence-electron chi connectivity index (χ0n) is 17.0. The van der Waals surface area contributed by atoms with E-state index in [-0.39, 0.29) is 17.6 Å². The molecule has 5 nitrogen and oxygen atoms in total. The second-order valence-electron chi connectivity index (χ2n) is 7.74. The molecule has 4 rings (SSSR count). The topological polar surface area (TPSA) is 58.1 Å². The van der Waals surface area contributed by atoms with E-state index in [9.17, 15) is 9.18 Å². The Labute approximate surface area is 176 Å². The van der Waals surface area contributed by atoms with E-state index in [0.717, 1.165) is 42.9 Å². The molecule has 1 aliphatic rings. The molecule has 154 valence electrons. The van der Waals surface area contributed by atoms with Crippen LogP contribution in [-0.4, -0.2) is 29.0 Å². The number of hydrogen-bond donors (Lipinski definition) is 1. The first kappa shape index (κ1) is 20.0. The van der Waals surface area contributed by atoms with Crippen molar-refractivity contribution in [1.82, 2.24) is 15.3 Å². The van der Waals surface area contributed by atoms with E-state index in [1.807, 2.05) is 24.3 Å². The van der Waals surface area contributed by atoms with Gasteiger partial charge in [-0.1, -0.05) is 42.0 Å². The summed E-state index contributed by atoms with van der Waals surface area (Å²) in [6, 6.07) is 16.5. The normalized spacial score (nSPS) is 14.5. The van der Waals surface area contributed by atoms with Crippen LogP contribution >= 0.6 is 0 Å². The molecule has 0 unspecified atom stereocenters. The lowest BCUT2D eigenvalue weighted by molar-refractivity contribution is -0.125. The number of carbonyl (C=O) groups is 1. The number of amides is 1. The van der Waals surface area contributed by atoms with E-state index in [4.69, 9.17) is 0 Å². The van der Waals surface area contributed by atoms with E-state index < -0.39 is 0 Å². The van der Waals surface area contributed by atoms with Gasteiger partial charge >= 0.3 is 0 Å². The first-order valence-electron chi connectivity index (χ1n) is 10.2. The molecule has 1 fully saturated rings. The van der Waals surface area contributed by atoms with Crippen molar-refractivity contribution in [3.63, 3.8) is 0 Å². The van der Waals surface area contributed by atoms with E-state index in [1.54, 1.807) is 6.07 Å². The fourth-order valence-electron chi connectivity index (χ4n) is 3.74. The SMILES string of the molecule is Cc1ccc(CNC(=O)C2CCN(c3cc(-c4cccc(F)c4)ncn3)CC2)cc1. The molecule has 0 bridgehead atoms. The first-order chi connectivity index (χ1) is 14.6. The Morgan fingerprint density at radius 2 is 1.87 bits per heavy atom. The molecule has 0 saturated carbocycles. The smallest absolute Gasteiger partial charge is 0.223 e. The molecule has 0 spiro atoms. The molecule has 30 heavy (non-hydrogen) atoms. The lowest BCUT2D eigenvalue weighted by Gasteiger charge is -2.32. The van der Waals surface area contributed by atoms with Gasteiger partial charge in [-0.3, -0.25) is 4.79 Å². The Morgan fingerprint density at radius 1 is 1.10 bits per heavy atom. The number of nitrogens with one attached hydrogen (secondary N) is 1. The number of benzene rings is 2. The maximum absolute atomic E-state index is 13.5. The Bertz CT molecular complexity index is 1010. The number of hydrogen-bond acceptors (Lipinski definition) is 4. The molecule has 1 aliphatic heterocycles. The van der Waals surface area contributed by atoms with Crippen LogP contribution in [0.5, 0.6) is 0 Å². The number of nitrogens with zero attached hydrogens (tertiary/aromatic N) is 3. The third-order valence-electron chi connectivity index (χ3n) is 5.55. The Balaban J connectivity index is 1.33. The number of rotatable bonds is 5. The largest absolute Gasteiger partial charge is 0.356 e. The van der Waals surface area contributed by atoms with Gasteiger partial charge in [-0.2, -0.15) is 0 Å². The van der Waals surface area contributed by atoms with Crippen LogP contribution in [0, 0.1) is 18.7 Å². The quantitative estimate of drug-likeness (QED) is 0.695. The molecule has 1 amide bonds. The van der Waals surface area contributed by atoms with Crippen molar-refractivity contribution in [3.8, 4) is 11.3 Å². The van der Waals surface area contributed by atoms with E-state index in [1.165, 1.54) is 24.0 Å². The maximum atomic E-state index is 13.5. The molecule has 6 heteroatoms. The van der Waals surface area contributed by atoms with Crippen LogP contribution in [0.15, 0.2) is 60.9 Å². The first-order valence-corrected chi connectivity index (χ1v) is 10.2. The third kappa shape index (κ3) is 4.82. The van der Waals surface area contributed by atoms with Gasteiger partial charge in [-0.25, -0.2) is 14.4 Å². The van der Waals surface area contributed by atoms with Crippen LogP contribution in [0.3, 0.4) is 0 Å². The van der Waals surface area contributed by atoms with Crippen LogP contribution in [0.25, 0.3) is 11.3 Å². The molecule has 0 atom stereocenters. The molecule has 1 saturated heterocycles. The van der Waals surface area contributed by atoms with Crippen molar-refractivity contribution in [3.05, 3.63) is 77.9 Å². The number of aromatic nitrogens is 2. The summed E-state index contributed by atoms with van der Waals surface area (Å²) in [6.45, 7) is 4.11. The van der Waals surface area contributed by atoms with Gasteiger partial charge in [0.25, 0.3) is 0 Å². The molecule has 1 N–H and O–H groups in total. The predicted molar refractivity (Wildman–Crippen MR) is 115 cm³/mol. The molecule has 0 aliphatic carbocycles. The van der Waals surface area contributed by atoms with Gasteiger partial charge < -0.3 is 10.2 Å². The van der Waals surface area contributed by atoms with Crippen LogP contribution in [0.4, 0.5) is 10.2 Å². The molecular weight excluding hydrogens is 379 g/mol. The summed E-state index contributed by atoms with van der Waals surface area (Å²) in [7, 11) is 0. The fourth-order valence-corrected chi connectivity index (χ4v) is 3.74. The van der Waals surface area contributed by atoms with Crippen molar-refractivity contribution in [2.45, 2.75) is 26.3 Å². The highest BCUT2D eigenvalue weighted by Gasteiger charge is 2.25. The average molecular weight is 404 g/mol. The van der Waals surface area contributed by atoms with Crippen LogP contribution < -0.4 is 10.2 Å². The minimum Gasteiger partial charge on any atom is -0.356 e. The van der Waals surface area contributed by atoms with Gasteiger partial charge in [0.05, 0.1) is 5.69 Å². The fraction of sp³-hybridized carbons (Fsp3) is 0.292. The standard InChI is InChI=1S/C24H25FN4O/c1-17-5-7-18(8-6-17)15-26-24(30)19-9-11-29(12-10-19)23-14-22(27-16-28-23)20-3-2-4-21(25)13-20/h2-8,13-14,16,19H,9-12,15H2,1H3,(H,26,30). The number of carbonyl (C=O) groups excluding carboxylic acids is 1. The summed E-state index contributed by atoms with van der Waals surface area (Å²) < 4.78 is 13.5. The number of anilines is 1. The highest BCUT2D eigenvalue weighted by Crippen LogP contribution is 2.25. The molecule has 0 radical (unpaired) electrons. The Morgan fingerprint density at radius 3 is 2.60 bits per heavy atom. The molecular formula is C24H25FN4O. The summed E-state index contributed by atoms with van der Waals surface area (Å²) in [5.41, 5.74) is 3.74. The molecule has 1 aromatic heterocycles. The molecule has 3 aromatic rings. The van der Waals surface area contributed by atoms with Crippen molar-refractivity contribution in [1.29, 1.82) is 0 Å². The summed E-state index contributed by atoms with van der Waals surface area (Å²) in [5, 5.41) is 3.06. The van der Waals surface area contributed by atoms with Crippen molar-refractivity contribution in [2.24, 2.45) is 5.92 Å². The lowest BCUT2D eigenvalue weighted by Crippen LogP contribution is -2.40. The van der Waals surface area contributed by atoms with Crippen molar-refractivity contribution in [2.75, 3.05) is 18.0 Å². The van der Waals surface area contributed by atoms with Gasteiger partial charge in [0.1, 0.15) is 18.0 Å². The highest BCUT2D eigenvalue weighted by atomic mass is 19.1. The van der Waals surface area contributed by atoms with Crippen LogP contribution in [-0.2, 0) is 11.3 Å². The van der Waals surface area contributed by atoms with Gasteiger partial charge in [-0.15, -0.1) is 0 Å². The van der Waals surface area contributed by atoms with Gasteiger partial charge in [-0.05, 0) is 37.5 Å². The molecule has 2 heterocycles. The maximum Gasteiger partial charge on any atom is 0.223 e. The zero-order chi connectivity index (χ0) is 20.9. The van der Waals surface area contributed by atoms with Crippen LogP contribution in [0.2, 0.25) is 0 Å². The summed E-state index contributed by atoms with van der Waals surface area (Å²) >= 11 is 0. The Kier molecular flexibility index (Phi) is 6.02. The zero-order valence-corrected chi connectivity index (χ0v) is 17.0. The third-order valence-corrected chi connectivity index (χ3v) is 5.55. The van der Waals surface area contributed by atoms with Crippen molar-refractivity contribution >= 4 is 11.7 Å². The van der Waals surface area contributed by atoms with Gasteiger partial charge in [0.15, 0.2) is 0 Å². The average Bonchev–Trinajstić information content (AvgIpc) is 2.79. The van der Waals surface area contributed by atoms with Gasteiger partial charge in [0, 0.05) is 37.2 Å². The summed E-state index contributed by atoms with van der Waals surface area (Å²) in [6.07, 6.45) is 3.06. The second kappa shape index (κ2) is 9.03. The minimum absolute atomic E-state index is 0.0104. The van der Waals surface area contributed by atoms with E-state index in [2.05, 4.69) is 39.2 Å². The second-order valence-corrected chi connectivity index (χ2v) is 7.74. The number of piperidine rings is 1.